The Balaban J connectivity index is 1.24. The average molecular weight is 438 g/mol. The van der Waals surface area contributed by atoms with E-state index in [0.29, 0.717) is 18.2 Å². The molecule has 1 saturated carbocycles. The third-order valence-electron chi connectivity index (χ3n) is 6.48. The van der Waals surface area contributed by atoms with Gasteiger partial charge in [0.2, 0.25) is 0 Å². The maximum absolute atomic E-state index is 13.0. The maximum atomic E-state index is 13.0. The van der Waals surface area contributed by atoms with Gasteiger partial charge < -0.3 is 4.74 Å². The molecule has 0 atom stereocenters. The number of hydrogen-bond donors (Lipinski definition) is 0. The van der Waals surface area contributed by atoms with E-state index in [9.17, 15) is 4.79 Å². The fourth-order valence-corrected chi connectivity index (χ4v) is 5.44. The van der Waals surface area contributed by atoms with Crippen molar-refractivity contribution in [3.8, 4) is 10.6 Å². The van der Waals surface area contributed by atoms with E-state index in [4.69, 9.17) is 4.74 Å². The van der Waals surface area contributed by atoms with E-state index >= 15 is 0 Å². The van der Waals surface area contributed by atoms with Crippen LogP contribution in [0.3, 0.4) is 0 Å². The lowest BCUT2D eigenvalue weighted by atomic mass is 9.81. The molecule has 1 aliphatic carbocycles. The van der Waals surface area contributed by atoms with Crippen molar-refractivity contribution >= 4 is 28.0 Å². The number of morpholine rings is 1. The first-order chi connectivity index (χ1) is 15.2. The van der Waals surface area contributed by atoms with Gasteiger partial charge in [0.15, 0.2) is 0 Å². The SMILES string of the molecule is Cc1nnc(-c2ccc3nnc(CC(=O)C4CCC(N5CCOCC5)CC4)cc3c2)s1. The van der Waals surface area contributed by atoms with Crippen molar-refractivity contribution in [2.75, 3.05) is 26.3 Å². The molecule has 0 spiro atoms. The fraction of sp³-hybridized carbons (Fsp3) is 0.522. The molecule has 1 aromatic carbocycles. The number of aryl methyl sites for hydroxylation is 1. The summed E-state index contributed by atoms with van der Waals surface area (Å²) in [4.78, 5) is 15.5. The van der Waals surface area contributed by atoms with Gasteiger partial charge in [-0.25, -0.2) is 0 Å². The summed E-state index contributed by atoms with van der Waals surface area (Å²) in [5.74, 6) is 0.440. The van der Waals surface area contributed by atoms with Gasteiger partial charge in [-0.2, -0.15) is 10.2 Å². The number of aromatic nitrogens is 4. The van der Waals surface area contributed by atoms with E-state index < -0.39 is 0 Å². The largest absolute Gasteiger partial charge is 0.379 e. The van der Waals surface area contributed by atoms with Crippen molar-refractivity contribution < 1.29 is 9.53 Å². The number of nitrogens with zero attached hydrogens (tertiary/aromatic N) is 5. The third kappa shape index (κ3) is 4.66. The second-order valence-electron chi connectivity index (χ2n) is 8.53. The zero-order chi connectivity index (χ0) is 21.2. The summed E-state index contributed by atoms with van der Waals surface area (Å²) in [6.45, 7) is 5.66. The van der Waals surface area contributed by atoms with Gasteiger partial charge >= 0.3 is 0 Å². The molecule has 8 heteroatoms. The first kappa shape index (κ1) is 20.6. The normalized spacial score (nSPS) is 22.6. The first-order valence-electron chi connectivity index (χ1n) is 11.1. The van der Waals surface area contributed by atoms with Crippen molar-refractivity contribution in [3.63, 3.8) is 0 Å². The van der Waals surface area contributed by atoms with Gasteiger partial charge in [0, 0.05) is 36.0 Å². The molecule has 7 nitrogen and oxygen atoms in total. The number of ether oxygens (including phenoxy) is 1. The number of carbonyl (C=O) groups is 1. The summed E-state index contributed by atoms with van der Waals surface area (Å²) in [7, 11) is 0. The average Bonchev–Trinajstić information content (AvgIpc) is 3.25. The van der Waals surface area contributed by atoms with E-state index in [1.165, 1.54) is 0 Å². The highest BCUT2D eigenvalue weighted by molar-refractivity contribution is 7.14. The Kier molecular flexibility index (Phi) is 6.02. The predicted octanol–water partition coefficient (Wildman–Crippen LogP) is 3.46. The van der Waals surface area contributed by atoms with Gasteiger partial charge in [0.25, 0.3) is 0 Å². The molecule has 2 fully saturated rings. The topological polar surface area (TPSA) is 81.1 Å². The highest BCUT2D eigenvalue weighted by atomic mass is 32.1. The van der Waals surface area contributed by atoms with E-state index in [-0.39, 0.29) is 5.92 Å². The Morgan fingerprint density at radius 3 is 2.61 bits per heavy atom. The van der Waals surface area contributed by atoms with Crippen molar-refractivity contribution in [3.05, 3.63) is 35.0 Å². The monoisotopic (exact) mass is 437 g/mol. The number of benzene rings is 1. The molecule has 1 saturated heterocycles. The van der Waals surface area contributed by atoms with Crippen LogP contribution in [0.2, 0.25) is 0 Å². The minimum absolute atomic E-state index is 0.144. The summed E-state index contributed by atoms with van der Waals surface area (Å²) in [6, 6.07) is 8.61. The number of Topliss-reactive ketones (excluding diaryl/α,β-unsaturated/α-hetero) is 1. The molecule has 1 aliphatic heterocycles. The Labute approximate surface area is 185 Å². The molecule has 162 valence electrons. The highest BCUT2D eigenvalue weighted by Crippen LogP contribution is 2.30. The van der Waals surface area contributed by atoms with Gasteiger partial charge in [-0.05, 0) is 56.9 Å². The molecule has 0 N–H and O–H groups in total. The lowest BCUT2D eigenvalue weighted by molar-refractivity contribution is -0.123. The van der Waals surface area contributed by atoms with Crippen LogP contribution in [0.25, 0.3) is 21.5 Å². The van der Waals surface area contributed by atoms with Crippen molar-refractivity contribution in [1.82, 2.24) is 25.3 Å². The van der Waals surface area contributed by atoms with Crippen molar-refractivity contribution in [2.45, 2.75) is 45.1 Å². The number of ketones is 1. The van der Waals surface area contributed by atoms with Gasteiger partial charge in [0.1, 0.15) is 15.8 Å². The third-order valence-corrected chi connectivity index (χ3v) is 7.37. The molecule has 2 aromatic heterocycles. The van der Waals surface area contributed by atoms with Gasteiger partial charge in [-0.15, -0.1) is 10.2 Å². The number of carbonyl (C=O) groups excluding carboxylic acids is 1. The zero-order valence-corrected chi connectivity index (χ0v) is 18.6. The Bertz CT molecular complexity index is 1070. The van der Waals surface area contributed by atoms with Crippen LogP contribution < -0.4 is 0 Å². The van der Waals surface area contributed by atoms with Crippen LogP contribution in [0.1, 0.15) is 36.4 Å². The molecule has 31 heavy (non-hydrogen) atoms. The van der Waals surface area contributed by atoms with E-state index in [1.54, 1.807) is 11.3 Å². The maximum Gasteiger partial charge on any atom is 0.147 e. The van der Waals surface area contributed by atoms with Gasteiger partial charge in [-0.1, -0.05) is 11.3 Å². The van der Waals surface area contributed by atoms with E-state index in [1.807, 2.05) is 25.1 Å². The number of hydrogen-bond acceptors (Lipinski definition) is 8. The predicted molar refractivity (Wildman–Crippen MR) is 120 cm³/mol. The summed E-state index contributed by atoms with van der Waals surface area (Å²) in [5, 5.41) is 19.8. The van der Waals surface area contributed by atoms with Crippen LogP contribution in [-0.4, -0.2) is 63.4 Å². The highest BCUT2D eigenvalue weighted by Gasteiger charge is 2.30. The molecule has 0 amide bonds. The van der Waals surface area contributed by atoms with Crippen LogP contribution in [0.15, 0.2) is 24.3 Å². The number of rotatable bonds is 5. The second-order valence-corrected chi connectivity index (χ2v) is 9.71. The van der Waals surface area contributed by atoms with Crippen LogP contribution in [-0.2, 0) is 16.0 Å². The quantitative estimate of drug-likeness (QED) is 0.605. The van der Waals surface area contributed by atoms with Gasteiger partial charge in [0.05, 0.1) is 30.8 Å². The van der Waals surface area contributed by atoms with Crippen LogP contribution in [0.5, 0.6) is 0 Å². The fourth-order valence-electron chi connectivity index (χ4n) is 4.75. The summed E-state index contributed by atoms with van der Waals surface area (Å²) in [5.41, 5.74) is 2.59. The number of fused-ring (bicyclic) bond motifs is 1. The molecular weight excluding hydrogens is 410 g/mol. The molecule has 0 bridgehead atoms. The van der Waals surface area contributed by atoms with Crippen molar-refractivity contribution in [2.24, 2.45) is 5.92 Å². The van der Waals surface area contributed by atoms with Crippen LogP contribution in [0.4, 0.5) is 0 Å². The van der Waals surface area contributed by atoms with Crippen LogP contribution in [0, 0.1) is 12.8 Å². The molecule has 2 aliphatic rings. The standard InChI is InChI=1S/C23H27N5O2S/c1-15-24-27-23(31-15)17-4-7-21-18(12-17)13-19(25-26-21)14-22(29)16-2-5-20(6-3-16)28-8-10-30-11-9-28/h4,7,12-13,16,20H,2-3,5-6,8-11,14H2,1H3. The first-order valence-corrected chi connectivity index (χ1v) is 11.9. The Morgan fingerprint density at radius 2 is 1.87 bits per heavy atom. The Hall–Kier alpha value is -2.29. The minimum atomic E-state index is 0.144. The smallest absolute Gasteiger partial charge is 0.147 e. The summed E-state index contributed by atoms with van der Waals surface area (Å²) >= 11 is 1.57. The van der Waals surface area contributed by atoms with E-state index in [0.717, 1.165) is 84.2 Å². The van der Waals surface area contributed by atoms with Crippen LogP contribution >= 0.6 is 11.3 Å². The lowest BCUT2D eigenvalue weighted by Gasteiger charge is -2.38. The second kappa shape index (κ2) is 9.06. The molecule has 0 radical (unpaired) electrons. The minimum Gasteiger partial charge on any atom is -0.379 e. The Morgan fingerprint density at radius 1 is 1.06 bits per heavy atom. The molecule has 3 heterocycles. The molecule has 3 aromatic rings. The van der Waals surface area contributed by atoms with Crippen molar-refractivity contribution in [1.29, 1.82) is 0 Å². The molecule has 5 rings (SSSR count). The lowest BCUT2D eigenvalue weighted by Crippen LogP contribution is -2.45. The van der Waals surface area contributed by atoms with Gasteiger partial charge in [-0.3, -0.25) is 9.69 Å². The van der Waals surface area contributed by atoms with E-state index in [2.05, 4.69) is 31.4 Å². The molecular formula is C23H27N5O2S. The molecule has 0 unspecified atom stereocenters. The zero-order valence-electron chi connectivity index (χ0n) is 17.8. The summed E-state index contributed by atoms with van der Waals surface area (Å²) < 4.78 is 5.47. The summed E-state index contributed by atoms with van der Waals surface area (Å²) in [6.07, 6.45) is 4.51.